The molecule has 2 rings (SSSR count). The van der Waals surface area contributed by atoms with Crippen molar-refractivity contribution in [1.29, 1.82) is 0 Å². The van der Waals surface area contributed by atoms with Crippen molar-refractivity contribution in [2.24, 2.45) is 17.3 Å². The van der Waals surface area contributed by atoms with Crippen LogP contribution < -0.4 is 0 Å². The third-order valence-corrected chi connectivity index (χ3v) is 4.04. The lowest BCUT2D eigenvalue weighted by Gasteiger charge is -1.97. The van der Waals surface area contributed by atoms with Crippen molar-refractivity contribution >= 4 is 6.08 Å². The average molecular weight is 200 g/mol. The Bertz CT molecular complexity index is 368. The number of rotatable bonds is 2. The van der Waals surface area contributed by atoms with E-state index in [4.69, 9.17) is 0 Å². The van der Waals surface area contributed by atoms with E-state index in [1.54, 1.807) is 0 Å². The van der Waals surface area contributed by atoms with Crippen LogP contribution in [0, 0.1) is 24.2 Å². The van der Waals surface area contributed by atoms with Gasteiger partial charge in [-0.3, -0.25) is 0 Å². The van der Waals surface area contributed by atoms with Gasteiger partial charge in [0.1, 0.15) is 0 Å². The molecule has 0 amide bonds. The molecule has 0 nitrogen and oxygen atoms in total. The number of aryl methyl sites for hydroxylation is 1. The van der Waals surface area contributed by atoms with Gasteiger partial charge < -0.3 is 0 Å². The van der Waals surface area contributed by atoms with Crippen LogP contribution in [0.2, 0.25) is 0 Å². The van der Waals surface area contributed by atoms with Crippen molar-refractivity contribution in [2.45, 2.75) is 27.7 Å². The summed E-state index contributed by atoms with van der Waals surface area (Å²) < 4.78 is 0. The Labute approximate surface area is 93.0 Å². The molecule has 1 saturated carbocycles. The highest BCUT2D eigenvalue weighted by Crippen LogP contribution is 2.58. The monoisotopic (exact) mass is 200 g/mol. The van der Waals surface area contributed by atoms with Gasteiger partial charge in [-0.2, -0.15) is 0 Å². The third kappa shape index (κ3) is 1.99. The predicted octanol–water partition coefficient (Wildman–Crippen LogP) is 4.30. The highest BCUT2D eigenvalue weighted by Gasteiger charge is 2.52. The summed E-state index contributed by atoms with van der Waals surface area (Å²) in [4.78, 5) is 0. The van der Waals surface area contributed by atoms with Crippen molar-refractivity contribution in [3.63, 3.8) is 0 Å². The lowest BCUT2D eigenvalue weighted by atomic mass is 10.1. The van der Waals surface area contributed by atoms with E-state index in [0.29, 0.717) is 5.41 Å². The first kappa shape index (κ1) is 10.5. The molecular formula is C15H20. The minimum absolute atomic E-state index is 0.515. The molecule has 0 heterocycles. The Hall–Kier alpha value is -1.04. The summed E-state index contributed by atoms with van der Waals surface area (Å²) in [7, 11) is 0. The van der Waals surface area contributed by atoms with Crippen LogP contribution in [0.5, 0.6) is 0 Å². The molecule has 2 atom stereocenters. The molecule has 0 aromatic heterocycles. The van der Waals surface area contributed by atoms with Crippen molar-refractivity contribution in [3.8, 4) is 0 Å². The molecule has 1 aromatic carbocycles. The summed E-state index contributed by atoms with van der Waals surface area (Å²) in [5, 5.41) is 0. The van der Waals surface area contributed by atoms with Crippen LogP contribution in [0.4, 0.5) is 0 Å². The zero-order valence-electron chi connectivity index (χ0n) is 10.1. The van der Waals surface area contributed by atoms with Crippen LogP contribution >= 0.6 is 0 Å². The molecule has 1 aliphatic carbocycles. The van der Waals surface area contributed by atoms with E-state index in [-0.39, 0.29) is 0 Å². The molecule has 0 spiro atoms. The summed E-state index contributed by atoms with van der Waals surface area (Å²) in [5.41, 5.74) is 3.16. The van der Waals surface area contributed by atoms with E-state index in [0.717, 1.165) is 11.8 Å². The summed E-state index contributed by atoms with van der Waals surface area (Å²) in [6.45, 7) is 9.16. The minimum Gasteiger partial charge on any atom is -0.0800 e. The lowest BCUT2D eigenvalue weighted by molar-refractivity contribution is 0.570. The van der Waals surface area contributed by atoms with Gasteiger partial charge in [-0.1, -0.05) is 62.8 Å². The molecule has 0 heteroatoms. The fraction of sp³-hybridized carbons (Fsp3) is 0.467. The fourth-order valence-electron chi connectivity index (χ4n) is 2.25. The van der Waals surface area contributed by atoms with E-state index >= 15 is 0 Å². The number of hydrogen-bond acceptors (Lipinski definition) is 0. The van der Waals surface area contributed by atoms with E-state index in [1.165, 1.54) is 11.1 Å². The molecule has 0 aliphatic heterocycles. The second kappa shape index (κ2) is 3.52. The zero-order valence-corrected chi connectivity index (χ0v) is 10.1. The summed E-state index contributed by atoms with van der Waals surface area (Å²) in [6, 6.07) is 8.71. The first-order chi connectivity index (χ1) is 7.01. The molecule has 80 valence electrons. The Morgan fingerprint density at radius 2 is 1.67 bits per heavy atom. The number of hydrogen-bond donors (Lipinski definition) is 0. The van der Waals surface area contributed by atoms with Gasteiger partial charge in [0.05, 0.1) is 0 Å². The molecule has 0 bridgehead atoms. The maximum Gasteiger partial charge on any atom is -0.0145 e. The molecule has 1 aromatic rings. The SMILES string of the molecule is Cc1ccc(C=CC2C(C)C2(C)C)cc1. The van der Waals surface area contributed by atoms with Crippen LogP contribution in [-0.2, 0) is 0 Å². The molecule has 0 radical (unpaired) electrons. The van der Waals surface area contributed by atoms with Gasteiger partial charge in [0.25, 0.3) is 0 Å². The van der Waals surface area contributed by atoms with Gasteiger partial charge >= 0.3 is 0 Å². The highest BCUT2D eigenvalue weighted by atomic mass is 14.6. The second-order valence-electron chi connectivity index (χ2n) is 5.41. The maximum absolute atomic E-state index is 2.37. The van der Waals surface area contributed by atoms with Crippen molar-refractivity contribution < 1.29 is 0 Å². The largest absolute Gasteiger partial charge is 0.0800 e. The van der Waals surface area contributed by atoms with Crippen LogP contribution in [0.1, 0.15) is 31.9 Å². The smallest absolute Gasteiger partial charge is 0.0145 e. The first-order valence-electron chi connectivity index (χ1n) is 5.76. The van der Waals surface area contributed by atoms with Gasteiger partial charge in [0, 0.05) is 0 Å². The first-order valence-corrected chi connectivity index (χ1v) is 5.76. The second-order valence-corrected chi connectivity index (χ2v) is 5.41. The van der Waals surface area contributed by atoms with Gasteiger partial charge in [-0.15, -0.1) is 0 Å². The van der Waals surface area contributed by atoms with Crippen LogP contribution in [0.3, 0.4) is 0 Å². The number of benzene rings is 1. The van der Waals surface area contributed by atoms with Crippen LogP contribution in [0.15, 0.2) is 30.3 Å². The molecule has 0 saturated heterocycles. The zero-order chi connectivity index (χ0) is 11.1. The van der Waals surface area contributed by atoms with Crippen molar-refractivity contribution in [3.05, 3.63) is 41.5 Å². The van der Waals surface area contributed by atoms with Gasteiger partial charge in [0.15, 0.2) is 0 Å². The maximum atomic E-state index is 2.37. The van der Waals surface area contributed by atoms with Crippen molar-refractivity contribution in [1.82, 2.24) is 0 Å². The summed E-state index contributed by atoms with van der Waals surface area (Å²) in [5.74, 6) is 1.60. The fourth-order valence-corrected chi connectivity index (χ4v) is 2.25. The van der Waals surface area contributed by atoms with Crippen LogP contribution in [0.25, 0.3) is 6.08 Å². The summed E-state index contributed by atoms with van der Waals surface area (Å²) >= 11 is 0. The molecular weight excluding hydrogens is 180 g/mol. The third-order valence-electron chi connectivity index (χ3n) is 4.04. The molecule has 15 heavy (non-hydrogen) atoms. The topological polar surface area (TPSA) is 0 Å². The van der Waals surface area contributed by atoms with E-state index in [9.17, 15) is 0 Å². The Balaban J connectivity index is 2.04. The van der Waals surface area contributed by atoms with Crippen molar-refractivity contribution in [2.75, 3.05) is 0 Å². The van der Waals surface area contributed by atoms with E-state index in [2.05, 4.69) is 64.1 Å². The normalized spacial score (nSPS) is 28.3. The minimum atomic E-state index is 0.515. The molecule has 1 fully saturated rings. The predicted molar refractivity (Wildman–Crippen MR) is 66.6 cm³/mol. The Morgan fingerprint density at radius 3 is 2.13 bits per heavy atom. The summed E-state index contributed by atoms with van der Waals surface area (Å²) in [6.07, 6.45) is 4.63. The van der Waals surface area contributed by atoms with Gasteiger partial charge in [-0.05, 0) is 29.7 Å². The van der Waals surface area contributed by atoms with E-state index < -0.39 is 0 Å². The Morgan fingerprint density at radius 1 is 1.13 bits per heavy atom. The molecule has 2 unspecified atom stereocenters. The standard InChI is InChI=1S/C15H20/c1-11-5-7-13(8-6-11)9-10-14-12(2)15(14,3)4/h5-10,12,14H,1-4H3. The molecule has 0 N–H and O–H groups in total. The van der Waals surface area contributed by atoms with Gasteiger partial charge in [0.2, 0.25) is 0 Å². The number of allylic oxidation sites excluding steroid dienone is 1. The Kier molecular flexibility index (Phi) is 2.46. The molecule has 1 aliphatic rings. The van der Waals surface area contributed by atoms with Gasteiger partial charge in [-0.25, -0.2) is 0 Å². The van der Waals surface area contributed by atoms with Crippen LogP contribution in [-0.4, -0.2) is 0 Å². The quantitative estimate of drug-likeness (QED) is 0.667. The lowest BCUT2D eigenvalue weighted by Crippen LogP contribution is -1.87. The van der Waals surface area contributed by atoms with E-state index in [1.807, 2.05) is 0 Å². The average Bonchev–Trinajstić information content (AvgIpc) is 2.66. The highest BCUT2D eigenvalue weighted by molar-refractivity contribution is 5.51.